The first-order valence-electron chi connectivity index (χ1n) is 11.1. The van der Waals surface area contributed by atoms with Gasteiger partial charge < -0.3 is 9.64 Å². The third-order valence-corrected chi connectivity index (χ3v) is 7.03. The molecule has 3 aromatic rings. The van der Waals surface area contributed by atoms with Crippen LogP contribution in [0.5, 0.6) is 0 Å². The first-order valence-corrected chi connectivity index (χ1v) is 11.1. The Balaban J connectivity index is 1.32. The minimum absolute atomic E-state index is 0.00728. The van der Waals surface area contributed by atoms with E-state index < -0.39 is 0 Å². The van der Waals surface area contributed by atoms with Gasteiger partial charge in [0.15, 0.2) is 11.5 Å². The maximum Gasteiger partial charge on any atom is 0.274 e. The summed E-state index contributed by atoms with van der Waals surface area (Å²) in [4.78, 5) is 25.1. The summed E-state index contributed by atoms with van der Waals surface area (Å²) in [5, 5.41) is 7.41. The molecule has 31 heavy (non-hydrogen) atoms. The lowest BCUT2D eigenvalue weighted by atomic mass is 9.77. The fraction of sp³-hybridized carbons (Fsp3) is 0.417. The lowest BCUT2D eigenvalue weighted by Gasteiger charge is -2.40. The van der Waals surface area contributed by atoms with Gasteiger partial charge in [-0.3, -0.25) is 9.89 Å². The van der Waals surface area contributed by atoms with Gasteiger partial charge in [0, 0.05) is 47.9 Å². The highest BCUT2D eigenvalue weighted by molar-refractivity contribution is 5.94. The van der Waals surface area contributed by atoms with E-state index >= 15 is 0 Å². The number of aromatic nitrogens is 4. The van der Waals surface area contributed by atoms with Crippen molar-refractivity contribution >= 4 is 5.91 Å². The number of amides is 1. The summed E-state index contributed by atoms with van der Waals surface area (Å²) in [7, 11) is 0. The minimum Gasteiger partial charge on any atom is -0.376 e. The predicted octanol–water partition coefficient (Wildman–Crippen LogP) is 3.06. The molecule has 6 rings (SSSR count). The van der Waals surface area contributed by atoms with Crippen LogP contribution in [-0.4, -0.2) is 50.7 Å². The summed E-state index contributed by atoms with van der Waals surface area (Å²) >= 11 is 0. The predicted molar refractivity (Wildman–Crippen MR) is 115 cm³/mol. The van der Waals surface area contributed by atoms with E-state index in [1.807, 2.05) is 41.4 Å². The quantitative estimate of drug-likeness (QED) is 0.695. The molecule has 1 aliphatic carbocycles. The van der Waals surface area contributed by atoms with E-state index in [1.165, 1.54) is 5.56 Å². The van der Waals surface area contributed by atoms with E-state index in [0.29, 0.717) is 25.5 Å². The molecule has 0 radical (unpaired) electrons. The van der Waals surface area contributed by atoms with E-state index in [4.69, 9.17) is 9.72 Å². The third-order valence-electron chi connectivity index (χ3n) is 7.03. The van der Waals surface area contributed by atoms with E-state index in [2.05, 4.69) is 15.2 Å². The lowest BCUT2D eigenvalue weighted by molar-refractivity contribution is 0.0617. The molecule has 1 amide bonds. The van der Waals surface area contributed by atoms with Gasteiger partial charge in [0.25, 0.3) is 5.91 Å². The normalized spacial score (nSPS) is 22.4. The van der Waals surface area contributed by atoms with Gasteiger partial charge in [-0.1, -0.05) is 30.3 Å². The Kier molecular flexibility index (Phi) is 4.38. The van der Waals surface area contributed by atoms with Gasteiger partial charge in [0.05, 0.1) is 18.9 Å². The molecule has 1 aromatic carbocycles. The molecule has 2 aliphatic heterocycles. The second kappa shape index (κ2) is 7.27. The summed E-state index contributed by atoms with van der Waals surface area (Å²) in [6, 6.07) is 10.1. The van der Waals surface area contributed by atoms with E-state index in [0.717, 1.165) is 67.0 Å². The maximum atomic E-state index is 13.4. The van der Waals surface area contributed by atoms with Gasteiger partial charge in [-0.05, 0) is 31.2 Å². The van der Waals surface area contributed by atoms with Gasteiger partial charge >= 0.3 is 0 Å². The van der Waals surface area contributed by atoms with Gasteiger partial charge in [0.2, 0.25) is 0 Å². The van der Waals surface area contributed by atoms with Crippen LogP contribution in [0.3, 0.4) is 0 Å². The molecule has 0 bridgehead atoms. The van der Waals surface area contributed by atoms with Crippen molar-refractivity contribution in [3.63, 3.8) is 0 Å². The summed E-state index contributed by atoms with van der Waals surface area (Å²) in [6.07, 6.45) is 6.78. The topological polar surface area (TPSA) is 84.0 Å². The number of carbonyl (C=O) groups excluding carboxylic acids is 1. The Morgan fingerprint density at radius 1 is 1.16 bits per heavy atom. The highest BCUT2D eigenvalue weighted by atomic mass is 16.5. The molecule has 4 heterocycles. The van der Waals surface area contributed by atoms with Gasteiger partial charge in [-0.25, -0.2) is 9.97 Å². The summed E-state index contributed by atoms with van der Waals surface area (Å²) in [6.45, 7) is 2.58. The number of benzene rings is 1. The van der Waals surface area contributed by atoms with Crippen molar-refractivity contribution in [3.05, 3.63) is 64.7 Å². The fourth-order valence-corrected chi connectivity index (χ4v) is 5.41. The SMILES string of the molecule is O=C(c1n[nH]c2c1COCC2)N1CCCC2(CCc3cnc(-c4ccccc4)nc32)C1. The molecular formula is C24H25N5O2. The first kappa shape index (κ1) is 18.7. The van der Waals surface area contributed by atoms with Crippen LogP contribution in [-0.2, 0) is 29.6 Å². The molecule has 1 saturated heterocycles. The maximum absolute atomic E-state index is 13.4. The number of rotatable bonds is 2. The van der Waals surface area contributed by atoms with Crippen molar-refractivity contribution < 1.29 is 9.53 Å². The smallest absolute Gasteiger partial charge is 0.274 e. The number of nitrogens with one attached hydrogen (secondary N) is 1. The molecular weight excluding hydrogens is 390 g/mol. The number of hydrogen-bond donors (Lipinski definition) is 1. The van der Waals surface area contributed by atoms with Crippen molar-refractivity contribution in [2.75, 3.05) is 19.7 Å². The Labute approximate surface area is 180 Å². The zero-order chi connectivity index (χ0) is 20.8. The van der Waals surface area contributed by atoms with Gasteiger partial charge in [-0.15, -0.1) is 0 Å². The van der Waals surface area contributed by atoms with Crippen molar-refractivity contribution in [2.45, 2.75) is 44.1 Å². The summed E-state index contributed by atoms with van der Waals surface area (Å²) < 4.78 is 5.58. The Morgan fingerprint density at radius 3 is 2.97 bits per heavy atom. The molecule has 1 spiro atoms. The minimum atomic E-state index is -0.0947. The number of hydrogen-bond acceptors (Lipinski definition) is 5. The third kappa shape index (κ3) is 3.07. The van der Waals surface area contributed by atoms with Crippen LogP contribution in [0.25, 0.3) is 11.4 Å². The highest BCUT2D eigenvalue weighted by Gasteiger charge is 2.45. The average molecular weight is 415 g/mol. The summed E-state index contributed by atoms with van der Waals surface area (Å²) in [5.41, 5.74) is 5.77. The number of piperidine rings is 1. The van der Waals surface area contributed by atoms with Crippen molar-refractivity contribution in [1.82, 2.24) is 25.1 Å². The molecule has 3 aliphatic rings. The second-order valence-corrected chi connectivity index (χ2v) is 8.88. The standard InChI is InChI=1S/C24H25N5O2/c30-23(20-18-14-31-12-8-19(18)27-28-20)29-11-4-9-24(15-29)10-7-17-13-25-22(26-21(17)24)16-5-2-1-3-6-16/h1-3,5-6,13H,4,7-12,14-15H2,(H,27,28). The summed E-state index contributed by atoms with van der Waals surface area (Å²) in [5.74, 6) is 0.774. The number of ether oxygens (including phenoxy) is 1. The highest BCUT2D eigenvalue weighted by Crippen LogP contribution is 2.44. The Morgan fingerprint density at radius 2 is 2.06 bits per heavy atom. The van der Waals surface area contributed by atoms with Crippen LogP contribution in [0, 0.1) is 0 Å². The number of carbonyl (C=O) groups is 1. The van der Waals surface area contributed by atoms with Crippen LogP contribution < -0.4 is 0 Å². The van der Waals surface area contributed by atoms with Gasteiger partial charge in [-0.2, -0.15) is 5.10 Å². The largest absolute Gasteiger partial charge is 0.376 e. The molecule has 158 valence electrons. The molecule has 2 aromatic heterocycles. The molecule has 7 nitrogen and oxygen atoms in total. The van der Waals surface area contributed by atoms with Crippen LogP contribution in [0.2, 0.25) is 0 Å². The average Bonchev–Trinajstić information content (AvgIpc) is 3.41. The lowest BCUT2D eigenvalue weighted by Crippen LogP contribution is -2.48. The van der Waals surface area contributed by atoms with Crippen LogP contribution in [0.4, 0.5) is 0 Å². The molecule has 1 atom stereocenters. The van der Waals surface area contributed by atoms with Crippen LogP contribution in [0.15, 0.2) is 36.5 Å². The van der Waals surface area contributed by atoms with Crippen molar-refractivity contribution in [3.8, 4) is 11.4 Å². The van der Waals surface area contributed by atoms with E-state index in [1.54, 1.807) is 0 Å². The molecule has 1 fully saturated rings. The van der Waals surface area contributed by atoms with Crippen LogP contribution in [0.1, 0.15) is 52.3 Å². The number of likely N-dealkylation sites (tertiary alicyclic amines) is 1. The van der Waals surface area contributed by atoms with Crippen LogP contribution >= 0.6 is 0 Å². The van der Waals surface area contributed by atoms with E-state index in [-0.39, 0.29) is 11.3 Å². The Hall–Kier alpha value is -3.06. The fourth-order valence-electron chi connectivity index (χ4n) is 5.41. The number of nitrogens with zero attached hydrogens (tertiary/aromatic N) is 4. The first-order chi connectivity index (χ1) is 15.2. The van der Waals surface area contributed by atoms with E-state index in [9.17, 15) is 4.79 Å². The molecule has 7 heteroatoms. The number of aromatic amines is 1. The van der Waals surface area contributed by atoms with Gasteiger partial charge in [0.1, 0.15) is 0 Å². The second-order valence-electron chi connectivity index (χ2n) is 8.88. The monoisotopic (exact) mass is 415 g/mol. The Bertz CT molecular complexity index is 1140. The zero-order valence-electron chi connectivity index (χ0n) is 17.4. The number of H-pyrrole nitrogens is 1. The zero-order valence-corrected chi connectivity index (χ0v) is 17.4. The van der Waals surface area contributed by atoms with Crippen molar-refractivity contribution in [1.29, 1.82) is 0 Å². The number of aryl methyl sites for hydroxylation is 1. The molecule has 1 unspecified atom stereocenters. The molecule has 0 saturated carbocycles. The van der Waals surface area contributed by atoms with Crippen molar-refractivity contribution in [2.24, 2.45) is 0 Å². The number of fused-ring (bicyclic) bond motifs is 3. The molecule has 1 N–H and O–H groups in total.